The van der Waals surface area contributed by atoms with Gasteiger partial charge in [-0.15, -0.1) is 0 Å². The van der Waals surface area contributed by atoms with E-state index in [2.05, 4.69) is 27.0 Å². The predicted molar refractivity (Wildman–Crippen MR) is 66.1 cm³/mol. The minimum Gasteiger partial charge on any atom is -0.330 e. The largest absolute Gasteiger partial charge is 0.330 e. The number of piperidine rings is 1. The number of amides is 1. The van der Waals surface area contributed by atoms with Gasteiger partial charge in [0.25, 0.3) is 5.91 Å². The second-order valence-electron chi connectivity index (χ2n) is 5.29. The monoisotopic (exact) mass is 249 g/mol. The summed E-state index contributed by atoms with van der Waals surface area (Å²) in [6, 6.07) is 0.777. The van der Waals surface area contributed by atoms with Gasteiger partial charge in [0, 0.05) is 25.2 Å². The third kappa shape index (κ3) is 2.01. The maximum atomic E-state index is 12.3. The number of nitrogens with zero attached hydrogens (tertiary/aromatic N) is 4. The third-order valence-electron chi connectivity index (χ3n) is 4.07. The highest BCUT2D eigenvalue weighted by Crippen LogP contribution is 2.24. The van der Waals surface area contributed by atoms with Gasteiger partial charge in [-0.1, -0.05) is 6.42 Å². The van der Waals surface area contributed by atoms with Gasteiger partial charge >= 0.3 is 0 Å². The Balaban J connectivity index is 1.74. The van der Waals surface area contributed by atoms with Crippen molar-refractivity contribution in [2.45, 2.75) is 38.3 Å². The number of nitrogens with one attached hydrogen (secondary N) is 1. The highest BCUT2D eigenvalue weighted by Gasteiger charge is 2.36. The maximum Gasteiger partial charge on any atom is 0.291 e. The summed E-state index contributed by atoms with van der Waals surface area (Å²) in [5, 5.41) is 6.41. The van der Waals surface area contributed by atoms with E-state index < -0.39 is 0 Å². The Morgan fingerprint density at radius 2 is 2.33 bits per heavy atom. The molecule has 1 amide bonds. The van der Waals surface area contributed by atoms with Crippen LogP contribution in [0.15, 0.2) is 6.33 Å². The molecule has 2 fully saturated rings. The van der Waals surface area contributed by atoms with E-state index in [0.29, 0.717) is 11.9 Å². The summed E-state index contributed by atoms with van der Waals surface area (Å²) in [5.74, 6) is 0.330. The SMILES string of the molecule is CC1CN2CCCCC2CN1C(=O)c1ncn[nH]1. The van der Waals surface area contributed by atoms with Crippen molar-refractivity contribution in [3.63, 3.8) is 0 Å². The van der Waals surface area contributed by atoms with Gasteiger partial charge in [-0.3, -0.25) is 14.8 Å². The number of hydrogen-bond acceptors (Lipinski definition) is 4. The maximum absolute atomic E-state index is 12.3. The Morgan fingerprint density at radius 1 is 1.44 bits per heavy atom. The van der Waals surface area contributed by atoms with Crippen LogP contribution in [0.2, 0.25) is 0 Å². The fraction of sp³-hybridized carbons (Fsp3) is 0.750. The molecule has 1 aromatic rings. The highest BCUT2D eigenvalue weighted by molar-refractivity contribution is 5.90. The molecule has 2 aliphatic heterocycles. The topological polar surface area (TPSA) is 65.1 Å². The van der Waals surface area contributed by atoms with Crippen LogP contribution in [-0.2, 0) is 0 Å². The second kappa shape index (κ2) is 4.68. The first-order valence-corrected chi connectivity index (χ1v) is 6.66. The fourth-order valence-electron chi connectivity index (χ4n) is 3.08. The molecule has 98 valence electrons. The number of hydrogen-bond donors (Lipinski definition) is 1. The van der Waals surface area contributed by atoms with Gasteiger partial charge in [-0.05, 0) is 26.3 Å². The van der Waals surface area contributed by atoms with Crippen molar-refractivity contribution in [2.24, 2.45) is 0 Å². The average Bonchev–Trinajstić information content (AvgIpc) is 2.91. The van der Waals surface area contributed by atoms with Gasteiger partial charge in [0.2, 0.25) is 5.82 Å². The van der Waals surface area contributed by atoms with Crippen LogP contribution >= 0.6 is 0 Å². The molecule has 0 aromatic carbocycles. The molecule has 3 rings (SSSR count). The van der Waals surface area contributed by atoms with Gasteiger partial charge in [-0.2, -0.15) is 5.10 Å². The average molecular weight is 249 g/mol. The molecule has 0 spiro atoms. The molecule has 2 aliphatic rings. The molecule has 2 saturated heterocycles. The summed E-state index contributed by atoms with van der Waals surface area (Å²) < 4.78 is 0. The van der Waals surface area contributed by atoms with Gasteiger partial charge in [0.05, 0.1) is 0 Å². The molecule has 6 nitrogen and oxygen atoms in total. The zero-order valence-corrected chi connectivity index (χ0v) is 10.7. The van der Waals surface area contributed by atoms with Crippen LogP contribution in [0.25, 0.3) is 0 Å². The zero-order valence-electron chi connectivity index (χ0n) is 10.7. The number of carbonyl (C=O) groups excluding carboxylic acids is 1. The summed E-state index contributed by atoms with van der Waals surface area (Å²) in [6.45, 7) is 5.09. The molecule has 2 unspecified atom stereocenters. The molecule has 6 heteroatoms. The van der Waals surface area contributed by atoms with Crippen molar-refractivity contribution in [3.8, 4) is 0 Å². The molecule has 1 N–H and O–H groups in total. The quantitative estimate of drug-likeness (QED) is 0.787. The summed E-state index contributed by atoms with van der Waals surface area (Å²) in [4.78, 5) is 20.7. The number of rotatable bonds is 1. The summed E-state index contributed by atoms with van der Waals surface area (Å²) in [6.07, 6.45) is 5.15. The lowest BCUT2D eigenvalue weighted by atomic mass is 9.97. The van der Waals surface area contributed by atoms with Crippen LogP contribution in [0.3, 0.4) is 0 Å². The first kappa shape index (κ1) is 11.6. The number of carbonyl (C=O) groups is 1. The minimum atomic E-state index is -0.0229. The molecule has 18 heavy (non-hydrogen) atoms. The van der Waals surface area contributed by atoms with E-state index in [9.17, 15) is 4.79 Å². The van der Waals surface area contributed by atoms with Crippen LogP contribution in [0, 0.1) is 0 Å². The van der Waals surface area contributed by atoms with Crippen LogP contribution in [-0.4, -0.2) is 62.6 Å². The molecule has 0 aliphatic carbocycles. The van der Waals surface area contributed by atoms with Gasteiger partial charge in [-0.25, -0.2) is 4.98 Å². The molecule has 2 atom stereocenters. The Hall–Kier alpha value is -1.43. The van der Waals surface area contributed by atoms with Crippen molar-refractivity contribution in [1.29, 1.82) is 0 Å². The Kier molecular flexibility index (Phi) is 3.03. The smallest absolute Gasteiger partial charge is 0.291 e. The predicted octanol–water partition coefficient (Wildman–Crippen LogP) is 0.503. The first-order chi connectivity index (χ1) is 8.75. The Bertz CT molecular complexity index is 418. The van der Waals surface area contributed by atoms with Gasteiger partial charge in [0.15, 0.2) is 0 Å². The summed E-state index contributed by atoms with van der Waals surface area (Å²) in [7, 11) is 0. The van der Waals surface area contributed by atoms with Gasteiger partial charge in [0.1, 0.15) is 6.33 Å². The van der Waals surface area contributed by atoms with E-state index in [-0.39, 0.29) is 11.9 Å². The van der Waals surface area contributed by atoms with E-state index in [1.807, 2.05) is 4.90 Å². The molecule has 0 radical (unpaired) electrons. The van der Waals surface area contributed by atoms with Crippen molar-refractivity contribution < 1.29 is 4.79 Å². The lowest BCUT2D eigenvalue weighted by Gasteiger charge is -2.47. The molecular weight excluding hydrogens is 230 g/mol. The zero-order chi connectivity index (χ0) is 12.5. The lowest BCUT2D eigenvalue weighted by Crippen LogP contribution is -2.60. The molecule has 1 aromatic heterocycles. The van der Waals surface area contributed by atoms with Crippen molar-refractivity contribution in [2.75, 3.05) is 19.6 Å². The highest BCUT2D eigenvalue weighted by atomic mass is 16.2. The second-order valence-corrected chi connectivity index (χ2v) is 5.29. The first-order valence-electron chi connectivity index (χ1n) is 6.66. The van der Waals surface area contributed by atoms with Crippen molar-refractivity contribution >= 4 is 5.91 Å². The summed E-state index contributed by atoms with van der Waals surface area (Å²) >= 11 is 0. The number of piperazine rings is 1. The molecular formula is C12H19N5O. The van der Waals surface area contributed by atoms with E-state index in [1.54, 1.807) is 0 Å². The van der Waals surface area contributed by atoms with E-state index in [4.69, 9.17) is 0 Å². The van der Waals surface area contributed by atoms with E-state index in [1.165, 1.54) is 32.1 Å². The molecule has 0 saturated carbocycles. The van der Waals surface area contributed by atoms with Crippen LogP contribution in [0.5, 0.6) is 0 Å². The fourth-order valence-corrected chi connectivity index (χ4v) is 3.08. The number of H-pyrrole nitrogens is 1. The van der Waals surface area contributed by atoms with Gasteiger partial charge < -0.3 is 4.90 Å². The van der Waals surface area contributed by atoms with E-state index >= 15 is 0 Å². The molecule has 0 bridgehead atoms. The Morgan fingerprint density at radius 3 is 3.11 bits per heavy atom. The number of aromatic amines is 1. The standard InChI is InChI=1S/C12H19N5O/c1-9-6-16-5-3-2-4-10(16)7-17(9)12(18)11-13-8-14-15-11/h8-10H,2-7H2,1H3,(H,13,14,15). The normalized spacial score (nSPS) is 29.1. The molecule has 3 heterocycles. The summed E-state index contributed by atoms with van der Waals surface area (Å²) in [5.41, 5.74) is 0. The van der Waals surface area contributed by atoms with Crippen molar-refractivity contribution in [3.05, 3.63) is 12.2 Å². The van der Waals surface area contributed by atoms with Crippen LogP contribution in [0.4, 0.5) is 0 Å². The van der Waals surface area contributed by atoms with Crippen LogP contribution in [0.1, 0.15) is 36.8 Å². The van der Waals surface area contributed by atoms with Crippen LogP contribution < -0.4 is 0 Å². The van der Waals surface area contributed by atoms with Crippen molar-refractivity contribution in [1.82, 2.24) is 25.0 Å². The number of fused-ring (bicyclic) bond motifs is 1. The van der Waals surface area contributed by atoms with E-state index in [0.717, 1.165) is 13.1 Å². The number of aromatic nitrogens is 3. The minimum absolute atomic E-state index is 0.0229. The third-order valence-corrected chi connectivity index (χ3v) is 4.07. The Labute approximate surface area is 106 Å². The lowest BCUT2D eigenvalue weighted by molar-refractivity contribution is 0.0144.